The average Bonchev–Trinajstić information content (AvgIpc) is 3.27. The molecule has 2 amide bonds. The minimum absolute atomic E-state index is 0.0635. The van der Waals surface area contributed by atoms with Crippen LogP contribution >= 0.6 is 0 Å². The lowest BCUT2D eigenvalue weighted by Gasteiger charge is -2.40. The van der Waals surface area contributed by atoms with Crippen LogP contribution in [-0.2, 0) is 14.3 Å². The number of amides is 2. The van der Waals surface area contributed by atoms with Gasteiger partial charge in [0.2, 0.25) is 5.91 Å². The van der Waals surface area contributed by atoms with E-state index in [4.69, 9.17) is 4.74 Å². The standard InChI is InChI=1S/C16H25FN2O3/c1-18-9-11(10-22-2)12-3-7-19(8-4-13(12)14(18)20)15(21)16(17)5-6-16/h11-13H,3-10H2,1-2H3/t11?,12-,13-/m0/s1. The number of hydrogen-bond donors (Lipinski definition) is 0. The summed E-state index contributed by atoms with van der Waals surface area (Å²) in [6.07, 6.45) is 2.10. The zero-order chi connectivity index (χ0) is 15.9. The quantitative estimate of drug-likeness (QED) is 0.783. The second kappa shape index (κ2) is 5.80. The van der Waals surface area contributed by atoms with Crippen LogP contribution in [0.15, 0.2) is 0 Å². The lowest BCUT2D eigenvalue weighted by Crippen LogP contribution is -2.49. The SMILES string of the molecule is COCC1CN(C)C(=O)[C@H]2CCN(C(=O)C3(F)CC3)CC[C@@H]12. The molecular formula is C16H25FN2O3. The van der Waals surface area contributed by atoms with Crippen molar-refractivity contribution in [3.8, 4) is 0 Å². The van der Waals surface area contributed by atoms with E-state index in [0.29, 0.717) is 51.4 Å². The molecule has 6 heteroatoms. The number of piperidine rings is 1. The maximum absolute atomic E-state index is 14.0. The van der Waals surface area contributed by atoms with Gasteiger partial charge in [0.25, 0.3) is 5.91 Å². The van der Waals surface area contributed by atoms with Crippen LogP contribution in [0.5, 0.6) is 0 Å². The Morgan fingerprint density at radius 2 is 2.05 bits per heavy atom. The van der Waals surface area contributed by atoms with Crippen molar-refractivity contribution in [3.05, 3.63) is 0 Å². The Balaban J connectivity index is 1.73. The number of fused-ring (bicyclic) bond motifs is 1. The highest BCUT2D eigenvalue weighted by molar-refractivity contribution is 5.88. The van der Waals surface area contributed by atoms with Crippen molar-refractivity contribution in [3.63, 3.8) is 0 Å². The number of carbonyl (C=O) groups is 2. The first-order valence-corrected chi connectivity index (χ1v) is 8.18. The van der Waals surface area contributed by atoms with E-state index in [9.17, 15) is 14.0 Å². The number of likely N-dealkylation sites (tertiary alicyclic amines) is 2. The molecule has 22 heavy (non-hydrogen) atoms. The van der Waals surface area contributed by atoms with Crippen LogP contribution < -0.4 is 0 Å². The Kier molecular flexibility index (Phi) is 4.14. The van der Waals surface area contributed by atoms with Gasteiger partial charge >= 0.3 is 0 Å². The van der Waals surface area contributed by atoms with Crippen molar-refractivity contribution in [1.82, 2.24) is 9.80 Å². The third-order valence-corrected chi connectivity index (χ3v) is 5.51. The number of methoxy groups -OCH3 is 1. The smallest absolute Gasteiger partial charge is 0.260 e. The normalized spacial score (nSPS) is 34.1. The van der Waals surface area contributed by atoms with Gasteiger partial charge in [0, 0.05) is 45.6 Å². The molecule has 0 aromatic rings. The van der Waals surface area contributed by atoms with Gasteiger partial charge in [-0.3, -0.25) is 9.59 Å². The number of rotatable bonds is 3. The first-order chi connectivity index (χ1) is 10.5. The van der Waals surface area contributed by atoms with Crippen molar-refractivity contribution in [1.29, 1.82) is 0 Å². The first kappa shape index (κ1) is 15.7. The summed E-state index contributed by atoms with van der Waals surface area (Å²) in [5.74, 6) is 0.263. The molecule has 0 N–H and O–H groups in total. The summed E-state index contributed by atoms with van der Waals surface area (Å²) in [7, 11) is 3.51. The molecule has 5 nitrogen and oxygen atoms in total. The minimum Gasteiger partial charge on any atom is -0.384 e. The minimum atomic E-state index is -1.61. The van der Waals surface area contributed by atoms with E-state index in [1.54, 1.807) is 16.9 Å². The lowest BCUT2D eigenvalue weighted by atomic mass is 9.75. The first-order valence-electron chi connectivity index (χ1n) is 8.18. The molecule has 0 aromatic carbocycles. The maximum atomic E-state index is 14.0. The number of alkyl halides is 1. The van der Waals surface area contributed by atoms with Gasteiger partial charge < -0.3 is 14.5 Å². The molecule has 3 rings (SSSR count). The number of nitrogens with zero attached hydrogens (tertiary/aromatic N) is 2. The van der Waals surface area contributed by atoms with E-state index in [-0.39, 0.29) is 23.7 Å². The third-order valence-electron chi connectivity index (χ3n) is 5.51. The Morgan fingerprint density at radius 1 is 1.36 bits per heavy atom. The van der Waals surface area contributed by atoms with Crippen molar-refractivity contribution < 1.29 is 18.7 Å². The summed E-state index contributed by atoms with van der Waals surface area (Å²) in [5.41, 5.74) is -1.61. The summed E-state index contributed by atoms with van der Waals surface area (Å²) in [6, 6.07) is 0. The highest BCUT2D eigenvalue weighted by Gasteiger charge is 2.53. The molecule has 1 saturated carbocycles. The molecule has 124 valence electrons. The molecule has 1 aliphatic carbocycles. The molecule has 0 radical (unpaired) electrons. The van der Waals surface area contributed by atoms with Crippen molar-refractivity contribution in [2.45, 2.75) is 31.4 Å². The second-order valence-corrected chi connectivity index (χ2v) is 7.04. The van der Waals surface area contributed by atoms with E-state index in [1.165, 1.54) is 0 Å². The van der Waals surface area contributed by atoms with Gasteiger partial charge in [-0.1, -0.05) is 0 Å². The van der Waals surface area contributed by atoms with Crippen LogP contribution in [0.3, 0.4) is 0 Å². The number of hydrogen-bond acceptors (Lipinski definition) is 3. The summed E-state index contributed by atoms with van der Waals surface area (Å²) >= 11 is 0. The van der Waals surface area contributed by atoms with Gasteiger partial charge in [-0.2, -0.15) is 0 Å². The van der Waals surface area contributed by atoms with E-state index >= 15 is 0 Å². The highest BCUT2D eigenvalue weighted by Crippen LogP contribution is 2.43. The third kappa shape index (κ3) is 2.73. The molecule has 2 aliphatic heterocycles. The molecule has 0 bridgehead atoms. The number of carbonyl (C=O) groups excluding carboxylic acids is 2. The Bertz CT molecular complexity index is 466. The Morgan fingerprint density at radius 3 is 2.68 bits per heavy atom. The highest BCUT2D eigenvalue weighted by atomic mass is 19.1. The van der Waals surface area contributed by atoms with Crippen molar-refractivity contribution >= 4 is 11.8 Å². The van der Waals surface area contributed by atoms with E-state index in [1.807, 2.05) is 7.05 Å². The zero-order valence-electron chi connectivity index (χ0n) is 13.4. The van der Waals surface area contributed by atoms with E-state index < -0.39 is 5.67 Å². The van der Waals surface area contributed by atoms with Gasteiger partial charge in [0.05, 0.1) is 6.61 Å². The Hall–Kier alpha value is -1.17. The van der Waals surface area contributed by atoms with E-state index in [2.05, 4.69) is 0 Å². The molecule has 3 fully saturated rings. The fourth-order valence-electron chi connectivity index (χ4n) is 4.06. The van der Waals surface area contributed by atoms with Crippen LogP contribution in [0.4, 0.5) is 4.39 Å². The van der Waals surface area contributed by atoms with Crippen molar-refractivity contribution in [2.75, 3.05) is 40.4 Å². The van der Waals surface area contributed by atoms with Crippen LogP contribution in [0, 0.1) is 17.8 Å². The second-order valence-electron chi connectivity index (χ2n) is 7.04. The zero-order valence-corrected chi connectivity index (χ0v) is 13.4. The van der Waals surface area contributed by atoms with Crippen LogP contribution in [-0.4, -0.2) is 67.7 Å². The predicted octanol–water partition coefficient (Wildman–Crippen LogP) is 1.08. The predicted molar refractivity (Wildman–Crippen MR) is 78.9 cm³/mol. The summed E-state index contributed by atoms with van der Waals surface area (Å²) in [4.78, 5) is 28.1. The lowest BCUT2D eigenvalue weighted by molar-refractivity contribution is -0.144. The van der Waals surface area contributed by atoms with Crippen molar-refractivity contribution in [2.24, 2.45) is 17.8 Å². The van der Waals surface area contributed by atoms with Crippen LogP contribution in [0.1, 0.15) is 25.7 Å². The maximum Gasteiger partial charge on any atom is 0.260 e. The van der Waals surface area contributed by atoms with E-state index in [0.717, 1.165) is 6.42 Å². The van der Waals surface area contributed by atoms with Gasteiger partial charge in [-0.05, 0) is 31.6 Å². The fraction of sp³-hybridized carbons (Fsp3) is 0.875. The molecule has 3 aliphatic rings. The summed E-state index contributed by atoms with van der Waals surface area (Å²) in [6.45, 7) is 2.38. The Labute approximate surface area is 130 Å². The van der Waals surface area contributed by atoms with Gasteiger partial charge in [0.1, 0.15) is 0 Å². The van der Waals surface area contributed by atoms with Gasteiger partial charge in [0.15, 0.2) is 5.67 Å². The molecular weight excluding hydrogens is 287 g/mol. The van der Waals surface area contributed by atoms with Gasteiger partial charge in [-0.25, -0.2) is 4.39 Å². The molecule has 0 aromatic heterocycles. The molecule has 3 atom stereocenters. The monoisotopic (exact) mass is 312 g/mol. The molecule has 1 unspecified atom stereocenters. The summed E-state index contributed by atoms with van der Waals surface area (Å²) < 4.78 is 19.3. The molecule has 2 saturated heterocycles. The molecule has 2 heterocycles. The topological polar surface area (TPSA) is 49.9 Å². The fourth-order valence-corrected chi connectivity index (χ4v) is 4.06. The average molecular weight is 312 g/mol. The van der Waals surface area contributed by atoms with Crippen LogP contribution in [0.25, 0.3) is 0 Å². The van der Waals surface area contributed by atoms with Crippen LogP contribution in [0.2, 0.25) is 0 Å². The largest absolute Gasteiger partial charge is 0.384 e. The number of halogens is 1. The van der Waals surface area contributed by atoms with Gasteiger partial charge in [-0.15, -0.1) is 0 Å². The summed E-state index contributed by atoms with van der Waals surface area (Å²) in [5, 5.41) is 0. The molecule has 0 spiro atoms. The number of ether oxygens (including phenoxy) is 1.